The average molecular weight is 253 g/mol. The molecule has 102 valence electrons. The lowest BCUT2D eigenvalue weighted by atomic mass is 9.86. The molecule has 0 spiro atoms. The second-order valence-electron chi connectivity index (χ2n) is 4.93. The maximum Gasteiger partial charge on any atom is 0.229 e. The van der Waals surface area contributed by atoms with Crippen molar-refractivity contribution in [1.29, 1.82) is 0 Å². The minimum atomic E-state index is -0.0823. The predicted molar refractivity (Wildman–Crippen MR) is 68.4 cm³/mol. The van der Waals surface area contributed by atoms with Crippen LogP contribution in [0, 0.1) is 0 Å². The van der Waals surface area contributed by atoms with Crippen LogP contribution >= 0.6 is 0 Å². The fraction of sp³-hybridized carbons (Fsp3) is 0.846. The molecule has 0 aromatic carbocycles. The van der Waals surface area contributed by atoms with Crippen molar-refractivity contribution in [3.63, 3.8) is 0 Å². The van der Waals surface area contributed by atoms with Crippen molar-refractivity contribution >= 4 is 0 Å². The Morgan fingerprint density at radius 2 is 2.11 bits per heavy atom. The van der Waals surface area contributed by atoms with Crippen LogP contribution in [-0.2, 0) is 4.74 Å². The SMILES string of the molecule is CCOC(C)c1noc(C2CCC(NC)CC2)n1. The normalized spacial score (nSPS) is 26.2. The molecule has 1 aliphatic rings. The summed E-state index contributed by atoms with van der Waals surface area (Å²) in [7, 11) is 2.03. The molecule has 1 heterocycles. The molecule has 1 aromatic rings. The smallest absolute Gasteiger partial charge is 0.229 e. The van der Waals surface area contributed by atoms with Crippen molar-refractivity contribution in [2.75, 3.05) is 13.7 Å². The van der Waals surface area contributed by atoms with Gasteiger partial charge in [-0.1, -0.05) is 5.16 Å². The van der Waals surface area contributed by atoms with Crippen LogP contribution in [0.15, 0.2) is 4.52 Å². The Morgan fingerprint density at radius 1 is 1.39 bits per heavy atom. The predicted octanol–water partition coefficient (Wildman–Crippen LogP) is 2.41. The van der Waals surface area contributed by atoms with Crippen LogP contribution in [0.3, 0.4) is 0 Å². The number of rotatable bonds is 5. The lowest BCUT2D eigenvalue weighted by Crippen LogP contribution is -2.29. The Kier molecular flexibility index (Phi) is 4.72. The number of nitrogens with one attached hydrogen (secondary N) is 1. The van der Waals surface area contributed by atoms with Gasteiger partial charge in [-0.05, 0) is 46.6 Å². The van der Waals surface area contributed by atoms with Gasteiger partial charge in [0.1, 0.15) is 6.10 Å². The summed E-state index contributed by atoms with van der Waals surface area (Å²) in [4.78, 5) is 4.48. The average Bonchev–Trinajstić information content (AvgIpc) is 2.89. The third kappa shape index (κ3) is 3.09. The van der Waals surface area contributed by atoms with Gasteiger partial charge in [0.05, 0.1) is 0 Å². The van der Waals surface area contributed by atoms with Crippen LogP contribution in [0.25, 0.3) is 0 Å². The summed E-state index contributed by atoms with van der Waals surface area (Å²) in [5.74, 6) is 1.87. The van der Waals surface area contributed by atoms with E-state index in [1.165, 1.54) is 12.8 Å². The Labute approximate surface area is 108 Å². The van der Waals surface area contributed by atoms with Crippen LogP contribution in [-0.4, -0.2) is 29.8 Å². The highest BCUT2D eigenvalue weighted by Gasteiger charge is 2.26. The summed E-state index contributed by atoms with van der Waals surface area (Å²) in [6.07, 6.45) is 4.52. The molecule has 1 N–H and O–H groups in total. The minimum Gasteiger partial charge on any atom is -0.371 e. The van der Waals surface area contributed by atoms with E-state index in [2.05, 4.69) is 15.5 Å². The maximum absolute atomic E-state index is 5.47. The Balaban J connectivity index is 1.94. The van der Waals surface area contributed by atoms with E-state index in [-0.39, 0.29) is 6.10 Å². The van der Waals surface area contributed by atoms with Crippen LogP contribution in [0.4, 0.5) is 0 Å². The topological polar surface area (TPSA) is 60.2 Å². The van der Waals surface area contributed by atoms with Gasteiger partial charge in [-0.3, -0.25) is 0 Å². The molecule has 18 heavy (non-hydrogen) atoms. The zero-order valence-electron chi connectivity index (χ0n) is 11.5. The van der Waals surface area contributed by atoms with E-state index in [9.17, 15) is 0 Å². The van der Waals surface area contributed by atoms with E-state index in [0.29, 0.717) is 24.4 Å². The van der Waals surface area contributed by atoms with Gasteiger partial charge < -0.3 is 14.6 Å². The van der Waals surface area contributed by atoms with E-state index in [0.717, 1.165) is 18.7 Å². The highest BCUT2D eigenvalue weighted by atomic mass is 16.5. The molecule has 1 fully saturated rings. The van der Waals surface area contributed by atoms with E-state index in [1.807, 2.05) is 20.9 Å². The van der Waals surface area contributed by atoms with Gasteiger partial charge in [0, 0.05) is 18.6 Å². The van der Waals surface area contributed by atoms with Crippen molar-refractivity contribution in [2.24, 2.45) is 0 Å². The molecule has 0 saturated heterocycles. The Morgan fingerprint density at radius 3 is 2.72 bits per heavy atom. The van der Waals surface area contributed by atoms with Gasteiger partial charge in [-0.25, -0.2) is 0 Å². The molecule has 1 atom stereocenters. The second-order valence-corrected chi connectivity index (χ2v) is 4.93. The number of ether oxygens (including phenoxy) is 1. The molecule has 5 heteroatoms. The Bertz CT molecular complexity index is 359. The van der Waals surface area contributed by atoms with Crippen LogP contribution < -0.4 is 5.32 Å². The zero-order valence-corrected chi connectivity index (χ0v) is 11.5. The second kappa shape index (κ2) is 6.29. The molecule has 0 aliphatic heterocycles. The third-order valence-corrected chi connectivity index (χ3v) is 3.72. The van der Waals surface area contributed by atoms with Gasteiger partial charge in [0.15, 0.2) is 5.82 Å². The summed E-state index contributed by atoms with van der Waals surface area (Å²) in [5, 5.41) is 7.35. The lowest BCUT2D eigenvalue weighted by Gasteiger charge is -2.25. The molecule has 2 rings (SSSR count). The first-order valence-corrected chi connectivity index (χ1v) is 6.87. The zero-order chi connectivity index (χ0) is 13.0. The summed E-state index contributed by atoms with van der Waals surface area (Å²) in [6.45, 7) is 4.59. The van der Waals surface area contributed by atoms with E-state index in [1.54, 1.807) is 0 Å². The molecule has 0 radical (unpaired) electrons. The molecule has 5 nitrogen and oxygen atoms in total. The first kappa shape index (κ1) is 13.5. The summed E-state index contributed by atoms with van der Waals surface area (Å²) in [5.41, 5.74) is 0. The molecule has 0 bridgehead atoms. The fourth-order valence-electron chi connectivity index (χ4n) is 2.53. The lowest BCUT2D eigenvalue weighted by molar-refractivity contribution is 0.0683. The van der Waals surface area contributed by atoms with Gasteiger partial charge in [-0.15, -0.1) is 0 Å². The largest absolute Gasteiger partial charge is 0.371 e. The number of nitrogens with zero attached hydrogens (tertiary/aromatic N) is 2. The van der Waals surface area contributed by atoms with Gasteiger partial charge >= 0.3 is 0 Å². The molecule has 0 amide bonds. The van der Waals surface area contributed by atoms with Crippen LogP contribution in [0.2, 0.25) is 0 Å². The van der Waals surface area contributed by atoms with Gasteiger partial charge in [0.2, 0.25) is 5.89 Å². The Hall–Kier alpha value is -0.940. The highest BCUT2D eigenvalue weighted by Crippen LogP contribution is 2.32. The highest BCUT2D eigenvalue weighted by molar-refractivity contribution is 4.98. The van der Waals surface area contributed by atoms with Crippen LogP contribution in [0.5, 0.6) is 0 Å². The molecule has 1 aromatic heterocycles. The van der Waals surface area contributed by atoms with Crippen molar-refractivity contribution in [3.05, 3.63) is 11.7 Å². The van der Waals surface area contributed by atoms with Crippen molar-refractivity contribution in [2.45, 2.75) is 57.6 Å². The van der Waals surface area contributed by atoms with Crippen molar-refractivity contribution < 1.29 is 9.26 Å². The number of aromatic nitrogens is 2. The molecule has 1 aliphatic carbocycles. The first-order valence-electron chi connectivity index (χ1n) is 6.87. The number of hydrogen-bond acceptors (Lipinski definition) is 5. The summed E-state index contributed by atoms with van der Waals surface area (Å²) < 4.78 is 10.8. The van der Waals surface area contributed by atoms with Crippen molar-refractivity contribution in [1.82, 2.24) is 15.5 Å². The minimum absolute atomic E-state index is 0.0823. The summed E-state index contributed by atoms with van der Waals surface area (Å²) >= 11 is 0. The van der Waals surface area contributed by atoms with Gasteiger partial charge in [-0.2, -0.15) is 4.98 Å². The monoisotopic (exact) mass is 253 g/mol. The van der Waals surface area contributed by atoms with Gasteiger partial charge in [0.25, 0.3) is 0 Å². The quantitative estimate of drug-likeness (QED) is 0.873. The maximum atomic E-state index is 5.47. The number of hydrogen-bond donors (Lipinski definition) is 1. The third-order valence-electron chi connectivity index (χ3n) is 3.72. The van der Waals surface area contributed by atoms with Crippen LogP contribution in [0.1, 0.15) is 63.3 Å². The van der Waals surface area contributed by atoms with E-state index in [4.69, 9.17) is 9.26 Å². The first-order chi connectivity index (χ1) is 8.74. The fourth-order valence-corrected chi connectivity index (χ4v) is 2.53. The summed E-state index contributed by atoms with van der Waals surface area (Å²) in [6, 6.07) is 0.644. The molecular formula is C13H23N3O2. The molecule has 1 unspecified atom stereocenters. The van der Waals surface area contributed by atoms with E-state index >= 15 is 0 Å². The molecular weight excluding hydrogens is 230 g/mol. The van der Waals surface area contributed by atoms with Crippen molar-refractivity contribution in [3.8, 4) is 0 Å². The van der Waals surface area contributed by atoms with E-state index < -0.39 is 0 Å². The molecule has 1 saturated carbocycles. The standard InChI is InChI=1S/C13H23N3O2/c1-4-17-9(2)12-15-13(18-16-12)10-5-7-11(14-3)8-6-10/h9-11,14H,4-8H2,1-3H3.